The van der Waals surface area contributed by atoms with Crippen LogP contribution in [-0.4, -0.2) is 25.9 Å². The molecule has 0 aliphatic rings. The van der Waals surface area contributed by atoms with Gasteiger partial charge in [0.1, 0.15) is 11.8 Å². The van der Waals surface area contributed by atoms with Gasteiger partial charge in [-0.15, -0.1) is 0 Å². The first-order chi connectivity index (χ1) is 8.22. The molecule has 90 valence electrons. The van der Waals surface area contributed by atoms with Gasteiger partial charge in [-0.25, -0.2) is 14.9 Å². The van der Waals surface area contributed by atoms with Crippen LogP contribution in [0.15, 0.2) is 17.3 Å². The van der Waals surface area contributed by atoms with E-state index in [1.54, 1.807) is 0 Å². The van der Waals surface area contributed by atoms with Gasteiger partial charge in [-0.3, -0.25) is 4.79 Å². The van der Waals surface area contributed by atoms with Gasteiger partial charge >= 0.3 is 5.97 Å². The molecular weight excluding hydrogens is 224 g/mol. The standard InChI is InChI=1S/C10H12N4O3/c1-2-3-4-8(15)17-14-6-11-7-5-12-13-10(16)9(7)14/h5-6H,2-4H2,1H3,(H,13,16). The molecule has 0 spiro atoms. The number of aromatic nitrogens is 4. The number of nitrogens with zero attached hydrogens (tertiary/aromatic N) is 3. The first-order valence-corrected chi connectivity index (χ1v) is 5.34. The lowest BCUT2D eigenvalue weighted by atomic mass is 10.3. The minimum absolute atomic E-state index is 0.185. The summed E-state index contributed by atoms with van der Waals surface area (Å²) in [5.74, 6) is -0.387. The van der Waals surface area contributed by atoms with E-state index in [-0.39, 0.29) is 11.5 Å². The van der Waals surface area contributed by atoms with Crippen molar-refractivity contribution in [2.24, 2.45) is 0 Å². The van der Waals surface area contributed by atoms with Crippen LogP contribution in [0.25, 0.3) is 11.0 Å². The van der Waals surface area contributed by atoms with Crippen molar-refractivity contribution in [2.75, 3.05) is 0 Å². The Morgan fingerprint density at radius 1 is 1.59 bits per heavy atom. The number of fused-ring (bicyclic) bond motifs is 1. The summed E-state index contributed by atoms with van der Waals surface area (Å²) in [7, 11) is 0. The molecule has 0 atom stereocenters. The number of unbranched alkanes of at least 4 members (excludes halogenated alkanes) is 1. The van der Waals surface area contributed by atoms with Crippen molar-refractivity contribution < 1.29 is 9.63 Å². The van der Waals surface area contributed by atoms with Crippen LogP contribution < -0.4 is 10.4 Å². The Hall–Kier alpha value is -2.18. The maximum atomic E-state index is 11.5. The molecular formula is C10H12N4O3. The molecule has 0 amide bonds. The zero-order valence-electron chi connectivity index (χ0n) is 9.34. The number of nitrogens with one attached hydrogen (secondary N) is 1. The lowest BCUT2D eigenvalue weighted by Gasteiger charge is -2.03. The second kappa shape index (κ2) is 4.77. The van der Waals surface area contributed by atoms with Gasteiger partial charge < -0.3 is 4.84 Å². The first kappa shape index (κ1) is 11.3. The maximum absolute atomic E-state index is 11.5. The molecule has 2 aromatic heterocycles. The fraction of sp³-hybridized carbons (Fsp3) is 0.400. The van der Waals surface area contributed by atoms with Crippen LogP contribution in [-0.2, 0) is 4.79 Å². The summed E-state index contributed by atoms with van der Waals surface area (Å²) in [5, 5.41) is 5.86. The summed E-state index contributed by atoms with van der Waals surface area (Å²) in [5.41, 5.74) is 0.130. The fourth-order valence-electron chi connectivity index (χ4n) is 1.41. The van der Waals surface area contributed by atoms with E-state index < -0.39 is 5.56 Å². The van der Waals surface area contributed by atoms with E-state index in [2.05, 4.69) is 15.2 Å². The van der Waals surface area contributed by atoms with E-state index in [1.807, 2.05) is 6.92 Å². The number of hydrogen-bond donors (Lipinski definition) is 1. The monoisotopic (exact) mass is 236 g/mol. The summed E-state index contributed by atoms with van der Waals surface area (Å²) in [4.78, 5) is 31.8. The summed E-state index contributed by atoms with van der Waals surface area (Å²) < 4.78 is 1.08. The van der Waals surface area contributed by atoms with Crippen molar-refractivity contribution in [1.82, 2.24) is 19.9 Å². The number of carbonyl (C=O) groups excluding carboxylic acids is 1. The predicted octanol–water partition coefficient (Wildman–Crippen LogP) is 0.265. The molecule has 0 radical (unpaired) electrons. The molecule has 0 unspecified atom stereocenters. The second-order valence-corrected chi connectivity index (χ2v) is 3.57. The van der Waals surface area contributed by atoms with E-state index >= 15 is 0 Å². The summed E-state index contributed by atoms with van der Waals surface area (Å²) in [6.45, 7) is 1.98. The Morgan fingerprint density at radius 3 is 3.18 bits per heavy atom. The topological polar surface area (TPSA) is 89.9 Å². The quantitative estimate of drug-likeness (QED) is 0.822. The zero-order chi connectivity index (χ0) is 12.3. The minimum atomic E-state index is -0.441. The van der Waals surface area contributed by atoms with E-state index in [4.69, 9.17) is 4.84 Å². The van der Waals surface area contributed by atoms with E-state index in [1.165, 1.54) is 12.5 Å². The van der Waals surface area contributed by atoms with Crippen molar-refractivity contribution in [3.05, 3.63) is 22.9 Å². The average Bonchev–Trinajstić information content (AvgIpc) is 2.71. The highest BCUT2D eigenvalue weighted by Gasteiger charge is 2.11. The lowest BCUT2D eigenvalue weighted by Crippen LogP contribution is -2.22. The molecule has 0 aliphatic carbocycles. The number of H-pyrrole nitrogens is 1. The highest BCUT2D eigenvalue weighted by Crippen LogP contribution is 2.04. The predicted molar refractivity (Wildman–Crippen MR) is 59.3 cm³/mol. The van der Waals surface area contributed by atoms with Crippen molar-refractivity contribution in [3.63, 3.8) is 0 Å². The molecule has 1 N–H and O–H groups in total. The van der Waals surface area contributed by atoms with Crippen LogP contribution in [0.3, 0.4) is 0 Å². The number of rotatable bonds is 4. The van der Waals surface area contributed by atoms with Crippen molar-refractivity contribution in [3.8, 4) is 0 Å². The van der Waals surface area contributed by atoms with Gasteiger partial charge in [0, 0.05) is 6.42 Å². The van der Waals surface area contributed by atoms with E-state index in [9.17, 15) is 9.59 Å². The molecule has 0 saturated carbocycles. The van der Waals surface area contributed by atoms with Gasteiger partial charge in [0.25, 0.3) is 5.56 Å². The molecule has 0 aromatic carbocycles. The van der Waals surface area contributed by atoms with Gasteiger partial charge in [0.15, 0.2) is 5.52 Å². The van der Waals surface area contributed by atoms with Gasteiger partial charge in [0.2, 0.25) is 0 Å². The van der Waals surface area contributed by atoms with Crippen LogP contribution in [0.1, 0.15) is 26.2 Å². The SMILES string of the molecule is CCCCC(=O)On1cnc2cn[nH]c(=O)c21. The Morgan fingerprint density at radius 2 is 2.41 bits per heavy atom. The summed E-state index contributed by atoms with van der Waals surface area (Å²) in [6.07, 6.45) is 4.66. The normalized spacial score (nSPS) is 10.6. The molecule has 17 heavy (non-hydrogen) atoms. The van der Waals surface area contributed by atoms with Crippen LogP contribution in [0.4, 0.5) is 0 Å². The van der Waals surface area contributed by atoms with Crippen molar-refractivity contribution in [1.29, 1.82) is 0 Å². The van der Waals surface area contributed by atoms with Crippen molar-refractivity contribution >= 4 is 17.0 Å². The third-order valence-electron chi connectivity index (χ3n) is 2.27. The molecule has 0 saturated heterocycles. The minimum Gasteiger partial charge on any atom is -0.335 e. The van der Waals surface area contributed by atoms with Gasteiger partial charge in [-0.2, -0.15) is 9.83 Å². The molecule has 0 aliphatic heterocycles. The molecule has 2 heterocycles. The van der Waals surface area contributed by atoms with Gasteiger partial charge in [0.05, 0.1) is 6.20 Å². The molecule has 2 rings (SSSR count). The third kappa shape index (κ3) is 2.32. The summed E-state index contributed by atoms with van der Waals surface area (Å²) >= 11 is 0. The maximum Gasteiger partial charge on any atom is 0.332 e. The number of imidazole rings is 1. The highest BCUT2D eigenvalue weighted by atomic mass is 16.7. The first-order valence-electron chi connectivity index (χ1n) is 5.34. The molecule has 0 bridgehead atoms. The lowest BCUT2D eigenvalue weighted by molar-refractivity contribution is -0.143. The van der Waals surface area contributed by atoms with Crippen LogP contribution in [0.5, 0.6) is 0 Å². The van der Waals surface area contributed by atoms with Gasteiger partial charge in [-0.1, -0.05) is 13.3 Å². The second-order valence-electron chi connectivity index (χ2n) is 3.57. The third-order valence-corrected chi connectivity index (χ3v) is 2.27. The molecule has 7 heteroatoms. The Balaban J connectivity index is 2.25. The van der Waals surface area contributed by atoms with Crippen molar-refractivity contribution in [2.45, 2.75) is 26.2 Å². The fourth-order valence-corrected chi connectivity index (χ4v) is 1.41. The van der Waals surface area contributed by atoms with Gasteiger partial charge in [-0.05, 0) is 6.42 Å². The average molecular weight is 236 g/mol. The number of carbonyl (C=O) groups is 1. The zero-order valence-corrected chi connectivity index (χ0v) is 9.34. The molecule has 2 aromatic rings. The van der Waals surface area contributed by atoms with Crippen LogP contribution in [0, 0.1) is 0 Å². The highest BCUT2D eigenvalue weighted by molar-refractivity contribution is 5.74. The Kier molecular flexibility index (Phi) is 3.17. The Labute approximate surface area is 96.4 Å². The summed E-state index contributed by atoms with van der Waals surface area (Å²) in [6, 6.07) is 0. The molecule has 0 fully saturated rings. The number of aromatic amines is 1. The largest absolute Gasteiger partial charge is 0.335 e. The Bertz CT molecular complexity index is 586. The smallest absolute Gasteiger partial charge is 0.332 e. The van der Waals surface area contributed by atoms with E-state index in [0.717, 1.165) is 17.6 Å². The van der Waals surface area contributed by atoms with Crippen LogP contribution in [0.2, 0.25) is 0 Å². The van der Waals surface area contributed by atoms with E-state index in [0.29, 0.717) is 11.9 Å². The molecule has 7 nitrogen and oxygen atoms in total. The number of hydrogen-bond acceptors (Lipinski definition) is 5. The van der Waals surface area contributed by atoms with Crippen LogP contribution >= 0.6 is 0 Å².